The van der Waals surface area contributed by atoms with Gasteiger partial charge in [-0.05, 0) is 26.2 Å². The van der Waals surface area contributed by atoms with Crippen LogP contribution in [0.25, 0.3) is 0 Å². The van der Waals surface area contributed by atoms with Crippen LogP contribution in [0.1, 0.15) is 40.2 Å². The van der Waals surface area contributed by atoms with E-state index < -0.39 is 12.0 Å². The number of nitrogens with one attached hydrogen (secondary N) is 1. The quantitative estimate of drug-likeness (QED) is 0.816. The molecule has 1 N–H and O–H groups in total. The summed E-state index contributed by atoms with van der Waals surface area (Å²) in [6.45, 7) is 7.67. The van der Waals surface area contributed by atoms with E-state index in [-0.39, 0.29) is 22.5 Å². The number of anilines is 1. The minimum atomic E-state index is -0.566. The summed E-state index contributed by atoms with van der Waals surface area (Å²) in [5, 5.41) is 7.04. The van der Waals surface area contributed by atoms with Gasteiger partial charge in [0.2, 0.25) is 0 Å². The summed E-state index contributed by atoms with van der Waals surface area (Å²) in [5.41, 5.74) is -0.0422. The molecule has 21 heavy (non-hydrogen) atoms. The van der Waals surface area contributed by atoms with Crippen LogP contribution in [0.5, 0.6) is 0 Å². The van der Waals surface area contributed by atoms with Crippen molar-refractivity contribution in [2.45, 2.75) is 46.2 Å². The Morgan fingerprint density at radius 2 is 2.05 bits per heavy atom. The third kappa shape index (κ3) is 4.46. The first kappa shape index (κ1) is 17.5. The van der Waals surface area contributed by atoms with E-state index in [0.29, 0.717) is 12.1 Å². The molecule has 0 bridgehead atoms. The Morgan fingerprint density at radius 3 is 2.52 bits per heavy atom. The van der Waals surface area contributed by atoms with Gasteiger partial charge in [0.15, 0.2) is 0 Å². The Balaban J connectivity index is 3.07. The van der Waals surface area contributed by atoms with Gasteiger partial charge in [0.25, 0.3) is 5.56 Å². The molecule has 0 aliphatic rings. The van der Waals surface area contributed by atoms with Crippen molar-refractivity contribution in [3.8, 4) is 0 Å². The fraction of sp³-hybridized carbons (Fsp3) is 0.643. The Hall–Kier alpha value is -1.56. The minimum Gasteiger partial charge on any atom is -0.467 e. The summed E-state index contributed by atoms with van der Waals surface area (Å²) in [6, 6.07) is -0.653. The lowest BCUT2D eigenvalue weighted by Crippen LogP contribution is -2.34. The topological polar surface area (TPSA) is 73.2 Å². The maximum absolute atomic E-state index is 12.1. The van der Waals surface area contributed by atoms with E-state index in [0.717, 1.165) is 0 Å². The predicted octanol–water partition coefficient (Wildman–Crippen LogP) is 2.48. The first-order valence-corrected chi connectivity index (χ1v) is 7.27. The molecule has 1 unspecified atom stereocenters. The molecule has 0 saturated carbocycles. The van der Waals surface area contributed by atoms with Crippen molar-refractivity contribution in [2.75, 3.05) is 12.4 Å². The van der Waals surface area contributed by atoms with Gasteiger partial charge in [-0.2, -0.15) is 5.10 Å². The van der Waals surface area contributed by atoms with Gasteiger partial charge < -0.3 is 10.1 Å². The summed E-state index contributed by atoms with van der Waals surface area (Å²) >= 11 is 6.08. The third-order valence-corrected chi connectivity index (χ3v) is 3.32. The van der Waals surface area contributed by atoms with Gasteiger partial charge in [0.05, 0.1) is 25.0 Å². The first-order valence-electron chi connectivity index (χ1n) is 6.89. The maximum Gasteiger partial charge on any atom is 0.328 e. The van der Waals surface area contributed by atoms with E-state index in [1.54, 1.807) is 0 Å². The summed E-state index contributed by atoms with van der Waals surface area (Å²) in [6.07, 6.45) is 2.02. The van der Waals surface area contributed by atoms with Gasteiger partial charge in [-0.25, -0.2) is 9.48 Å². The van der Waals surface area contributed by atoms with Crippen LogP contribution in [0.2, 0.25) is 5.02 Å². The molecule has 1 aromatic heterocycles. The molecule has 0 spiro atoms. The number of carbonyl (C=O) groups is 1. The molecule has 1 heterocycles. The molecule has 0 aliphatic heterocycles. The van der Waals surface area contributed by atoms with Gasteiger partial charge >= 0.3 is 5.97 Å². The van der Waals surface area contributed by atoms with Crippen LogP contribution in [0.3, 0.4) is 0 Å². The summed E-state index contributed by atoms with van der Waals surface area (Å²) in [5.74, 6) is -0.114. The number of hydrogen-bond donors (Lipinski definition) is 1. The molecule has 7 heteroatoms. The molecule has 0 saturated heterocycles. The highest BCUT2D eigenvalue weighted by molar-refractivity contribution is 6.33. The Bertz CT molecular complexity index is 555. The number of ether oxygens (including phenoxy) is 1. The number of halogens is 1. The Labute approximate surface area is 129 Å². The molecule has 0 aliphatic carbocycles. The van der Waals surface area contributed by atoms with E-state index in [1.807, 2.05) is 27.7 Å². The molecular weight excluding hydrogens is 294 g/mol. The highest BCUT2D eigenvalue weighted by Gasteiger charge is 2.22. The second-order valence-corrected chi connectivity index (χ2v) is 5.94. The molecule has 1 aromatic rings. The van der Waals surface area contributed by atoms with Crippen molar-refractivity contribution < 1.29 is 9.53 Å². The number of rotatable bonds is 6. The molecule has 118 valence electrons. The summed E-state index contributed by atoms with van der Waals surface area (Å²) in [7, 11) is 1.33. The van der Waals surface area contributed by atoms with Crippen molar-refractivity contribution in [2.24, 2.45) is 5.92 Å². The average molecular weight is 316 g/mol. The predicted molar refractivity (Wildman–Crippen MR) is 82.8 cm³/mol. The number of carbonyl (C=O) groups excluding carboxylic acids is 1. The standard InChI is InChI=1S/C14H22ClN3O3/c1-8(2)6-10(14(20)21-5)17-11-7-16-18(9(3)4)13(19)12(11)15/h7-10,17H,6H2,1-5H3. The number of hydrogen-bond acceptors (Lipinski definition) is 5. The lowest BCUT2D eigenvalue weighted by Gasteiger charge is -2.20. The van der Waals surface area contributed by atoms with E-state index in [4.69, 9.17) is 16.3 Å². The highest BCUT2D eigenvalue weighted by Crippen LogP contribution is 2.20. The fourth-order valence-electron chi connectivity index (χ4n) is 1.93. The van der Waals surface area contributed by atoms with Gasteiger partial charge in [-0.1, -0.05) is 25.4 Å². The number of aromatic nitrogens is 2. The third-order valence-electron chi connectivity index (χ3n) is 2.96. The molecular formula is C14H22ClN3O3. The molecule has 1 atom stereocenters. The number of esters is 1. The molecule has 6 nitrogen and oxygen atoms in total. The second-order valence-electron chi connectivity index (χ2n) is 5.57. The van der Waals surface area contributed by atoms with Crippen molar-refractivity contribution in [1.82, 2.24) is 9.78 Å². The lowest BCUT2D eigenvalue weighted by atomic mass is 10.0. The molecule has 1 rings (SSSR count). The largest absolute Gasteiger partial charge is 0.467 e. The Kier molecular flexibility index (Phi) is 6.20. The zero-order valence-corrected chi connectivity index (χ0v) is 13.8. The van der Waals surface area contributed by atoms with Gasteiger partial charge in [0.1, 0.15) is 11.1 Å². The van der Waals surface area contributed by atoms with Crippen LogP contribution >= 0.6 is 11.6 Å². The van der Waals surface area contributed by atoms with Crippen molar-refractivity contribution in [3.05, 3.63) is 21.6 Å². The highest BCUT2D eigenvalue weighted by atomic mass is 35.5. The second kappa shape index (κ2) is 7.45. The normalized spacial score (nSPS) is 12.6. The monoisotopic (exact) mass is 315 g/mol. The van der Waals surface area contributed by atoms with Crippen LogP contribution in [0, 0.1) is 5.92 Å². The van der Waals surface area contributed by atoms with E-state index in [2.05, 4.69) is 10.4 Å². The molecule has 0 fully saturated rings. The van der Waals surface area contributed by atoms with E-state index >= 15 is 0 Å². The van der Waals surface area contributed by atoms with Gasteiger partial charge in [-0.3, -0.25) is 4.79 Å². The molecule has 0 radical (unpaired) electrons. The molecule has 0 amide bonds. The van der Waals surface area contributed by atoms with Crippen molar-refractivity contribution in [3.63, 3.8) is 0 Å². The Morgan fingerprint density at radius 1 is 1.43 bits per heavy atom. The molecule has 0 aromatic carbocycles. The van der Waals surface area contributed by atoms with Crippen LogP contribution in [0.15, 0.2) is 11.0 Å². The minimum absolute atomic E-state index is 0.0244. The van der Waals surface area contributed by atoms with Crippen LogP contribution in [-0.2, 0) is 9.53 Å². The van der Waals surface area contributed by atoms with Crippen LogP contribution < -0.4 is 10.9 Å². The number of methoxy groups -OCH3 is 1. The summed E-state index contributed by atoms with van der Waals surface area (Å²) < 4.78 is 6.06. The smallest absolute Gasteiger partial charge is 0.328 e. The summed E-state index contributed by atoms with van der Waals surface area (Å²) in [4.78, 5) is 23.9. The lowest BCUT2D eigenvalue weighted by molar-refractivity contribution is -0.141. The first-order chi connectivity index (χ1) is 9.77. The van der Waals surface area contributed by atoms with Crippen molar-refractivity contribution >= 4 is 23.3 Å². The van der Waals surface area contributed by atoms with Crippen LogP contribution in [0.4, 0.5) is 5.69 Å². The van der Waals surface area contributed by atoms with E-state index in [1.165, 1.54) is 18.0 Å². The van der Waals surface area contributed by atoms with Gasteiger partial charge in [0, 0.05) is 0 Å². The maximum atomic E-state index is 12.1. The van der Waals surface area contributed by atoms with Gasteiger partial charge in [-0.15, -0.1) is 0 Å². The van der Waals surface area contributed by atoms with E-state index in [9.17, 15) is 9.59 Å². The zero-order valence-electron chi connectivity index (χ0n) is 13.0. The van der Waals surface area contributed by atoms with Crippen molar-refractivity contribution in [1.29, 1.82) is 0 Å². The number of nitrogens with zero attached hydrogens (tertiary/aromatic N) is 2. The van der Waals surface area contributed by atoms with Crippen LogP contribution in [-0.4, -0.2) is 28.9 Å². The fourth-order valence-corrected chi connectivity index (χ4v) is 2.12. The SMILES string of the molecule is COC(=O)C(CC(C)C)Nc1cnn(C(C)C)c(=O)c1Cl. The zero-order chi connectivity index (χ0) is 16.2. The average Bonchev–Trinajstić information content (AvgIpc) is 2.41.